The molecule has 2 heterocycles. The fraction of sp³-hybridized carbons (Fsp3) is 0.500. The number of likely N-dealkylation sites (N-methyl/N-ethyl adjacent to an activating group) is 1. The number of anilines is 2. The molecule has 21 heavy (non-hydrogen) atoms. The van der Waals surface area contributed by atoms with Crippen LogP contribution in [0.5, 0.6) is 0 Å². The Morgan fingerprint density at radius 2 is 2.33 bits per heavy atom. The fourth-order valence-corrected chi connectivity index (χ4v) is 2.23. The summed E-state index contributed by atoms with van der Waals surface area (Å²) in [6, 6.07) is 0.374. The van der Waals surface area contributed by atoms with Crippen LogP contribution in [-0.4, -0.2) is 46.5 Å². The molecule has 1 saturated carbocycles. The minimum Gasteiger partial charge on any atom is -0.369 e. The van der Waals surface area contributed by atoms with E-state index < -0.39 is 0 Å². The molecule has 0 bridgehead atoms. The number of carbonyl (C=O) groups is 1. The summed E-state index contributed by atoms with van der Waals surface area (Å²) in [7, 11) is 1.86. The molecule has 1 fully saturated rings. The smallest absolute Gasteiger partial charge is 0.239 e. The van der Waals surface area contributed by atoms with Gasteiger partial charge < -0.3 is 19.9 Å². The Bertz CT molecular complexity index is 648. The third-order valence-electron chi connectivity index (χ3n) is 3.40. The topological polar surface area (TPSA) is 74.6 Å². The lowest BCUT2D eigenvalue weighted by Crippen LogP contribution is -2.36. The Morgan fingerprint density at radius 1 is 1.52 bits per heavy atom. The van der Waals surface area contributed by atoms with Gasteiger partial charge in [-0.15, -0.1) is 0 Å². The van der Waals surface area contributed by atoms with Crippen molar-refractivity contribution in [1.82, 2.24) is 19.7 Å². The van der Waals surface area contributed by atoms with Crippen LogP contribution in [0.2, 0.25) is 0 Å². The summed E-state index contributed by atoms with van der Waals surface area (Å²) in [4.78, 5) is 22.7. The van der Waals surface area contributed by atoms with Crippen molar-refractivity contribution >= 4 is 23.2 Å². The first-order valence-electron chi connectivity index (χ1n) is 7.25. The predicted octanol–water partition coefficient (Wildman–Crippen LogP) is 0.876. The van der Waals surface area contributed by atoms with Crippen LogP contribution in [-0.2, 0) is 4.79 Å². The number of hydrogen-bond donors (Lipinski definition) is 2. The van der Waals surface area contributed by atoms with Gasteiger partial charge in [0.2, 0.25) is 5.91 Å². The number of fused-ring (bicyclic) bond motifs is 1. The van der Waals surface area contributed by atoms with Gasteiger partial charge in [0.1, 0.15) is 5.82 Å². The van der Waals surface area contributed by atoms with Gasteiger partial charge in [0.15, 0.2) is 11.5 Å². The van der Waals surface area contributed by atoms with E-state index in [0.717, 1.165) is 30.9 Å². The number of amides is 1. The zero-order valence-corrected chi connectivity index (χ0v) is 12.3. The van der Waals surface area contributed by atoms with Gasteiger partial charge in [-0.3, -0.25) is 4.79 Å². The first-order chi connectivity index (χ1) is 10.2. The number of rotatable bonds is 6. The largest absolute Gasteiger partial charge is 0.369 e. The Morgan fingerprint density at radius 3 is 3.05 bits per heavy atom. The second-order valence-corrected chi connectivity index (χ2v) is 5.34. The Labute approximate surface area is 123 Å². The highest BCUT2D eigenvalue weighted by Gasteiger charge is 2.24. The zero-order valence-electron chi connectivity index (χ0n) is 12.3. The van der Waals surface area contributed by atoms with Crippen molar-refractivity contribution in [1.29, 1.82) is 0 Å². The summed E-state index contributed by atoms with van der Waals surface area (Å²) >= 11 is 0. The van der Waals surface area contributed by atoms with Crippen LogP contribution in [0.3, 0.4) is 0 Å². The summed E-state index contributed by atoms with van der Waals surface area (Å²) < 4.78 is 1.91. The van der Waals surface area contributed by atoms with Gasteiger partial charge in [-0.25, -0.2) is 9.97 Å². The van der Waals surface area contributed by atoms with Crippen LogP contribution in [0, 0.1) is 0 Å². The maximum absolute atomic E-state index is 11.9. The summed E-state index contributed by atoms with van der Waals surface area (Å²) in [6.45, 7) is 3.09. The van der Waals surface area contributed by atoms with Gasteiger partial charge >= 0.3 is 0 Å². The molecule has 2 aromatic rings. The molecule has 1 amide bonds. The lowest BCUT2D eigenvalue weighted by molar-refractivity contribution is -0.119. The first kappa shape index (κ1) is 13.7. The van der Waals surface area contributed by atoms with Gasteiger partial charge in [-0.2, -0.15) is 0 Å². The van der Waals surface area contributed by atoms with Crippen LogP contribution in [0.1, 0.15) is 19.8 Å². The van der Waals surface area contributed by atoms with E-state index in [2.05, 4.69) is 20.6 Å². The minimum absolute atomic E-state index is 0.0281. The second-order valence-electron chi connectivity index (χ2n) is 5.34. The van der Waals surface area contributed by atoms with Crippen molar-refractivity contribution in [3.63, 3.8) is 0 Å². The van der Waals surface area contributed by atoms with Crippen molar-refractivity contribution in [2.75, 3.05) is 30.4 Å². The fourth-order valence-electron chi connectivity index (χ4n) is 2.23. The number of carbonyl (C=O) groups excluding carboxylic acids is 1. The lowest BCUT2D eigenvalue weighted by atomic mass is 10.4. The molecular formula is C14H20N6O. The Kier molecular flexibility index (Phi) is 3.64. The summed E-state index contributed by atoms with van der Waals surface area (Å²) in [5.41, 5.74) is 0.748. The molecule has 3 rings (SSSR count). The van der Waals surface area contributed by atoms with Crippen molar-refractivity contribution in [3.8, 4) is 0 Å². The standard InChI is InChI=1S/C14H20N6O/c1-3-15-11-8-20-7-6-16-13(20)14(18-11)19(2)9-12(21)17-10-4-5-10/h6-8,10,15H,3-5,9H2,1-2H3,(H,17,21). The molecule has 112 valence electrons. The monoisotopic (exact) mass is 288 g/mol. The number of nitrogens with one attached hydrogen (secondary N) is 2. The van der Waals surface area contributed by atoms with Crippen LogP contribution in [0.25, 0.3) is 5.65 Å². The molecule has 0 unspecified atom stereocenters. The predicted molar refractivity (Wildman–Crippen MR) is 81.6 cm³/mol. The van der Waals surface area contributed by atoms with E-state index in [-0.39, 0.29) is 12.5 Å². The van der Waals surface area contributed by atoms with Crippen LogP contribution in [0.4, 0.5) is 11.6 Å². The lowest BCUT2D eigenvalue weighted by Gasteiger charge is -2.19. The van der Waals surface area contributed by atoms with Crippen LogP contribution in [0.15, 0.2) is 18.6 Å². The van der Waals surface area contributed by atoms with Gasteiger partial charge in [-0.1, -0.05) is 0 Å². The molecule has 0 spiro atoms. The SMILES string of the molecule is CCNc1cn2ccnc2c(N(C)CC(=O)NC2CC2)n1. The van der Waals surface area contributed by atoms with Crippen LogP contribution < -0.4 is 15.5 Å². The molecule has 7 nitrogen and oxygen atoms in total. The first-order valence-corrected chi connectivity index (χ1v) is 7.25. The third kappa shape index (κ3) is 3.07. The molecule has 0 saturated heterocycles. The van der Waals surface area contributed by atoms with E-state index in [9.17, 15) is 4.79 Å². The van der Waals surface area contributed by atoms with Gasteiger partial charge in [-0.05, 0) is 19.8 Å². The minimum atomic E-state index is 0.0281. The number of imidazole rings is 1. The molecule has 7 heteroatoms. The molecule has 1 aliphatic carbocycles. The molecule has 1 aliphatic rings. The normalized spacial score (nSPS) is 14.2. The molecule has 0 aromatic carbocycles. The van der Waals surface area contributed by atoms with Crippen molar-refractivity contribution in [3.05, 3.63) is 18.6 Å². The highest BCUT2D eigenvalue weighted by Crippen LogP contribution is 2.21. The maximum atomic E-state index is 11.9. The Balaban J connectivity index is 1.82. The zero-order chi connectivity index (χ0) is 14.8. The second kappa shape index (κ2) is 5.59. The van der Waals surface area contributed by atoms with E-state index in [0.29, 0.717) is 11.9 Å². The van der Waals surface area contributed by atoms with E-state index in [1.54, 1.807) is 6.20 Å². The van der Waals surface area contributed by atoms with E-state index >= 15 is 0 Å². The molecule has 0 aliphatic heterocycles. The average Bonchev–Trinajstić information content (AvgIpc) is 3.12. The van der Waals surface area contributed by atoms with E-state index in [4.69, 9.17) is 0 Å². The quantitative estimate of drug-likeness (QED) is 0.825. The van der Waals surface area contributed by atoms with Crippen molar-refractivity contribution < 1.29 is 4.79 Å². The molecule has 0 radical (unpaired) electrons. The maximum Gasteiger partial charge on any atom is 0.239 e. The van der Waals surface area contributed by atoms with Crippen molar-refractivity contribution in [2.24, 2.45) is 0 Å². The third-order valence-corrected chi connectivity index (χ3v) is 3.40. The summed E-state index contributed by atoms with van der Waals surface area (Å²) in [5.74, 6) is 1.50. The number of nitrogens with zero attached hydrogens (tertiary/aromatic N) is 4. The van der Waals surface area contributed by atoms with Crippen LogP contribution >= 0.6 is 0 Å². The molecule has 0 atom stereocenters. The van der Waals surface area contributed by atoms with Gasteiger partial charge in [0.25, 0.3) is 0 Å². The summed E-state index contributed by atoms with van der Waals surface area (Å²) in [6.07, 6.45) is 7.68. The highest BCUT2D eigenvalue weighted by atomic mass is 16.2. The number of aromatic nitrogens is 3. The Hall–Kier alpha value is -2.31. The van der Waals surface area contributed by atoms with Gasteiger partial charge in [0, 0.05) is 32.0 Å². The molecular weight excluding hydrogens is 268 g/mol. The number of hydrogen-bond acceptors (Lipinski definition) is 5. The van der Waals surface area contributed by atoms with Gasteiger partial charge in [0.05, 0.1) is 12.7 Å². The summed E-state index contributed by atoms with van der Waals surface area (Å²) in [5, 5.41) is 6.18. The van der Waals surface area contributed by atoms with E-state index in [1.165, 1.54) is 0 Å². The molecule has 2 aromatic heterocycles. The average molecular weight is 288 g/mol. The molecule has 2 N–H and O–H groups in total. The van der Waals surface area contributed by atoms with E-state index in [1.807, 2.05) is 35.7 Å². The highest BCUT2D eigenvalue weighted by molar-refractivity contribution is 5.83. The van der Waals surface area contributed by atoms with Crippen molar-refractivity contribution in [2.45, 2.75) is 25.8 Å².